The lowest BCUT2D eigenvalue weighted by atomic mass is 10.0. The van der Waals surface area contributed by atoms with Crippen LogP contribution in [0.1, 0.15) is 31.0 Å². The van der Waals surface area contributed by atoms with E-state index in [1.54, 1.807) is 10.9 Å². The third-order valence-electron chi connectivity index (χ3n) is 5.27. The number of carbonyl (C=O) groups excluding carboxylic acids is 1. The molecule has 0 spiro atoms. The van der Waals surface area contributed by atoms with E-state index in [9.17, 15) is 4.79 Å². The van der Waals surface area contributed by atoms with Gasteiger partial charge in [-0.15, -0.1) is 0 Å². The van der Waals surface area contributed by atoms with Gasteiger partial charge >= 0.3 is 0 Å². The molecule has 4 heterocycles. The molecule has 27 heavy (non-hydrogen) atoms. The van der Waals surface area contributed by atoms with Gasteiger partial charge in [-0.25, -0.2) is 9.97 Å². The first kappa shape index (κ1) is 17.9. The predicted molar refractivity (Wildman–Crippen MR) is 100 cm³/mol. The maximum atomic E-state index is 12.4. The minimum absolute atomic E-state index is 0.0916. The summed E-state index contributed by atoms with van der Waals surface area (Å²) < 4.78 is 7.24. The van der Waals surface area contributed by atoms with E-state index in [1.165, 1.54) is 0 Å². The summed E-state index contributed by atoms with van der Waals surface area (Å²) in [5, 5.41) is 7.36. The van der Waals surface area contributed by atoms with Crippen LogP contribution < -0.4 is 10.2 Å². The Morgan fingerprint density at radius 1 is 1.41 bits per heavy atom. The normalized spacial score (nSPS) is 18.8. The van der Waals surface area contributed by atoms with Crippen LogP contribution in [0.3, 0.4) is 0 Å². The lowest BCUT2D eigenvalue weighted by molar-refractivity contribution is -0.125. The summed E-state index contributed by atoms with van der Waals surface area (Å²) in [6.45, 7) is 5.59. The van der Waals surface area contributed by atoms with Crippen molar-refractivity contribution in [2.75, 3.05) is 24.6 Å². The molecule has 2 aliphatic heterocycles. The predicted octanol–water partition coefficient (Wildman–Crippen LogP) is 1.17. The van der Waals surface area contributed by atoms with Crippen LogP contribution in [0.25, 0.3) is 0 Å². The van der Waals surface area contributed by atoms with Crippen LogP contribution in [0, 0.1) is 5.92 Å². The van der Waals surface area contributed by atoms with Gasteiger partial charge in [0.1, 0.15) is 0 Å². The van der Waals surface area contributed by atoms with Gasteiger partial charge in [-0.1, -0.05) is 6.92 Å². The fourth-order valence-electron chi connectivity index (χ4n) is 3.61. The molecule has 2 aromatic heterocycles. The standard InChI is InChI=1S/C19H26N6O2/c1-14(12-25-7-2-6-21-25)18(26)22-16-3-8-24(9-4-16)19-20-11-15-13-27-10-5-17(15)23-19/h2,6-7,11,14,16H,3-5,8-10,12-13H2,1H3,(H,22,26)/t14-/m1/s1. The monoisotopic (exact) mass is 370 g/mol. The quantitative estimate of drug-likeness (QED) is 0.850. The van der Waals surface area contributed by atoms with Crippen molar-refractivity contribution in [2.24, 2.45) is 5.92 Å². The van der Waals surface area contributed by atoms with Crippen molar-refractivity contribution in [3.05, 3.63) is 35.9 Å². The first-order chi connectivity index (χ1) is 13.2. The van der Waals surface area contributed by atoms with Crippen molar-refractivity contribution < 1.29 is 9.53 Å². The third kappa shape index (κ3) is 4.27. The molecule has 0 bridgehead atoms. The molecule has 8 nitrogen and oxygen atoms in total. The summed E-state index contributed by atoms with van der Waals surface area (Å²) in [5.74, 6) is 0.788. The largest absolute Gasteiger partial charge is 0.376 e. The SMILES string of the molecule is C[C@H](Cn1cccn1)C(=O)NC1CCN(c2ncc3c(n2)CCOC3)CC1. The molecule has 144 valence electrons. The van der Waals surface area contributed by atoms with Gasteiger partial charge < -0.3 is 15.0 Å². The molecule has 0 radical (unpaired) electrons. The summed E-state index contributed by atoms with van der Waals surface area (Å²) in [7, 11) is 0. The molecule has 1 atom stereocenters. The van der Waals surface area contributed by atoms with Gasteiger partial charge in [0.25, 0.3) is 0 Å². The Balaban J connectivity index is 1.28. The number of amides is 1. The van der Waals surface area contributed by atoms with Crippen molar-refractivity contribution in [3.8, 4) is 0 Å². The number of nitrogens with one attached hydrogen (secondary N) is 1. The first-order valence-electron chi connectivity index (χ1n) is 9.64. The van der Waals surface area contributed by atoms with Gasteiger partial charge in [-0.2, -0.15) is 5.10 Å². The number of aromatic nitrogens is 4. The van der Waals surface area contributed by atoms with Crippen LogP contribution in [0.15, 0.2) is 24.7 Å². The maximum absolute atomic E-state index is 12.4. The Morgan fingerprint density at radius 2 is 2.26 bits per heavy atom. The second kappa shape index (κ2) is 8.04. The molecular formula is C19H26N6O2. The average molecular weight is 370 g/mol. The minimum atomic E-state index is -0.103. The number of nitrogens with zero attached hydrogens (tertiary/aromatic N) is 5. The van der Waals surface area contributed by atoms with Gasteiger partial charge in [-0.05, 0) is 18.9 Å². The average Bonchev–Trinajstić information content (AvgIpc) is 3.21. The van der Waals surface area contributed by atoms with Crippen molar-refractivity contribution in [3.63, 3.8) is 0 Å². The second-order valence-corrected chi connectivity index (χ2v) is 7.34. The summed E-state index contributed by atoms with van der Waals surface area (Å²) in [4.78, 5) is 23.9. The number of piperidine rings is 1. The maximum Gasteiger partial charge on any atom is 0.225 e. The van der Waals surface area contributed by atoms with E-state index in [0.717, 1.165) is 56.2 Å². The fraction of sp³-hybridized carbons (Fsp3) is 0.579. The van der Waals surface area contributed by atoms with Crippen molar-refractivity contribution in [2.45, 2.75) is 45.4 Å². The smallest absolute Gasteiger partial charge is 0.225 e. The van der Waals surface area contributed by atoms with Crippen LogP contribution in [-0.4, -0.2) is 51.4 Å². The molecular weight excluding hydrogens is 344 g/mol. The Bertz CT molecular complexity index is 771. The number of rotatable bonds is 5. The molecule has 0 saturated carbocycles. The van der Waals surface area contributed by atoms with E-state index in [2.05, 4.69) is 20.3 Å². The number of anilines is 1. The molecule has 4 rings (SSSR count). The van der Waals surface area contributed by atoms with E-state index in [0.29, 0.717) is 13.2 Å². The molecule has 1 amide bonds. The van der Waals surface area contributed by atoms with Gasteiger partial charge in [0.2, 0.25) is 11.9 Å². The Labute approximate surface area is 158 Å². The van der Waals surface area contributed by atoms with E-state index in [4.69, 9.17) is 9.72 Å². The van der Waals surface area contributed by atoms with Crippen LogP contribution in [0.4, 0.5) is 5.95 Å². The van der Waals surface area contributed by atoms with Crippen LogP contribution in [-0.2, 0) is 29.1 Å². The fourth-order valence-corrected chi connectivity index (χ4v) is 3.61. The highest BCUT2D eigenvalue weighted by Gasteiger charge is 2.25. The van der Waals surface area contributed by atoms with Crippen LogP contribution >= 0.6 is 0 Å². The summed E-state index contributed by atoms with van der Waals surface area (Å²) in [5.41, 5.74) is 2.20. The van der Waals surface area contributed by atoms with E-state index < -0.39 is 0 Å². The van der Waals surface area contributed by atoms with Gasteiger partial charge in [0.05, 0.1) is 31.4 Å². The highest BCUT2D eigenvalue weighted by molar-refractivity contribution is 5.78. The van der Waals surface area contributed by atoms with E-state index in [-0.39, 0.29) is 17.9 Å². The molecule has 0 aliphatic carbocycles. The zero-order chi connectivity index (χ0) is 18.6. The third-order valence-corrected chi connectivity index (χ3v) is 5.27. The summed E-state index contributed by atoms with van der Waals surface area (Å²) in [6.07, 6.45) is 8.17. The molecule has 0 aromatic carbocycles. The number of hydrogen-bond donors (Lipinski definition) is 1. The Morgan fingerprint density at radius 3 is 3.04 bits per heavy atom. The Hall–Kier alpha value is -2.48. The minimum Gasteiger partial charge on any atom is -0.376 e. The zero-order valence-electron chi connectivity index (χ0n) is 15.7. The highest BCUT2D eigenvalue weighted by Crippen LogP contribution is 2.20. The molecule has 1 fully saturated rings. The Kier molecular flexibility index (Phi) is 5.33. The molecule has 0 unspecified atom stereocenters. The molecule has 1 saturated heterocycles. The van der Waals surface area contributed by atoms with Gasteiger partial charge in [-0.3, -0.25) is 9.48 Å². The highest BCUT2D eigenvalue weighted by atomic mass is 16.5. The van der Waals surface area contributed by atoms with Gasteiger partial charge in [0.15, 0.2) is 0 Å². The van der Waals surface area contributed by atoms with Crippen LogP contribution in [0.5, 0.6) is 0 Å². The summed E-state index contributed by atoms with van der Waals surface area (Å²) in [6, 6.07) is 2.08. The zero-order valence-corrected chi connectivity index (χ0v) is 15.7. The number of ether oxygens (including phenoxy) is 1. The lowest BCUT2D eigenvalue weighted by Gasteiger charge is -2.33. The van der Waals surface area contributed by atoms with E-state index in [1.807, 2.05) is 25.4 Å². The topological polar surface area (TPSA) is 85.2 Å². The first-order valence-corrected chi connectivity index (χ1v) is 9.64. The number of hydrogen-bond acceptors (Lipinski definition) is 6. The van der Waals surface area contributed by atoms with Crippen LogP contribution in [0.2, 0.25) is 0 Å². The lowest BCUT2D eigenvalue weighted by Crippen LogP contribution is -2.47. The second-order valence-electron chi connectivity index (χ2n) is 7.34. The summed E-state index contributed by atoms with van der Waals surface area (Å²) >= 11 is 0. The number of carbonyl (C=O) groups is 1. The molecule has 2 aliphatic rings. The molecule has 8 heteroatoms. The van der Waals surface area contributed by atoms with Crippen molar-refractivity contribution >= 4 is 11.9 Å². The molecule has 1 N–H and O–H groups in total. The van der Waals surface area contributed by atoms with E-state index >= 15 is 0 Å². The van der Waals surface area contributed by atoms with Crippen molar-refractivity contribution in [1.29, 1.82) is 0 Å². The van der Waals surface area contributed by atoms with Crippen molar-refractivity contribution in [1.82, 2.24) is 25.1 Å². The molecule has 2 aromatic rings. The van der Waals surface area contributed by atoms with Gasteiger partial charge in [0, 0.05) is 49.7 Å². The number of fused-ring (bicyclic) bond motifs is 1.